The van der Waals surface area contributed by atoms with Gasteiger partial charge in [-0.15, -0.1) is 0 Å². The van der Waals surface area contributed by atoms with Crippen LogP contribution in [0.5, 0.6) is 0 Å². The van der Waals surface area contributed by atoms with Gasteiger partial charge in [-0.05, 0) is 36.8 Å². The quantitative estimate of drug-likeness (QED) is 0.463. The van der Waals surface area contributed by atoms with Gasteiger partial charge in [-0.2, -0.15) is 5.26 Å². The topological polar surface area (TPSA) is 79.0 Å². The van der Waals surface area contributed by atoms with Crippen molar-refractivity contribution >= 4 is 5.69 Å². The van der Waals surface area contributed by atoms with Crippen LogP contribution in [0.4, 0.5) is 5.69 Å². The summed E-state index contributed by atoms with van der Waals surface area (Å²) in [5.41, 5.74) is 1.44. The van der Waals surface area contributed by atoms with Crippen LogP contribution in [0, 0.1) is 26.9 Å². The van der Waals surface area contributed by atoms with Gasteiger partial charge in [-0.25, -0.2) is 0 Å². The highest BCUT2D eigenvalue weighted by atomic mass is 16.6. The molecule has 1 fully saturated rings. The number of hydrogen-bond donors (Lipinski definition) is 1. The van der Waals surface area contributed by atoms with Crippen molar-refractivity contribution in [3.63, 3.8) is 0 Å². The van der Waals surface area contributed by atoms with E-state index in [4.69, 9.17) is 5.26 Å². The lowest BCUT2D eigenvalue weighted by atomic mass is 10.0. The summed E-state index contributed by atoms with van der Waals surface area (Å²) in [6, 6.07) is 8.90. The van der Waals surface area contributed by atoms with E-state index in [1.807, 2.05) is 0 Å². The Morgan fingerprint density at radius 2 is 2.05 bits per heavy atom. The lowest BCUT2D eigenvalue weighted by molar-refractivity contribution is -0.384. The molecule has 0 atom stereocenters. The van der Waals surface area contributed by atoms with Crippen molar-refractivity contribution in [2.45, 2.75) is 25.7 Å². The molecule has 0 bridgehead atoms. The first-order chi connectivity index (χ1) is 9.15. The van der Waals surface area contributed by atoms with Gasteiger partial charge in [0.1, 0.15) is 0 Å². The van der Waals surface area contributed by atoms with Crippen molar-refractivity contribution in [1.82, 2.24) is 5.32 Å². The van der Waals surface area contributed by atoms with Gasteiger partial charge in [0.15, 0.2) is 0 Å². The fourth-order valence-electron chi connectivity index (χ4n) is 2.13. The Balaban J connectivity index is 1.71. The summed E-state index contributed by atoms with van der Waals surface area (Å²) in [6.45, 7) is 1.73. The standard InChI is InChI=1S/C14H17N3O2/c15-9-8-14(6-7-14)11-16-10-5-12-1-3-13(4-2-12)17(18)19/h1-4,16H,5-8,10-11H2. The largest absolute Gasteiger partial charge is 0.316 e. The van der Waals surface area contributed by atoms with Crippen molar-refractivity contribution in [1.29, 1.82) is 5.26 Å². The van der Waals surface area contributed by atoms with Crippen LogP contribution >= 0.6 is 0 Å². The third-order valence-electron chi connectivity index (χ3n) is 3.65. The Labute approximate surface area is 112 Å². The van der Waals surface area contributed by atoms with Gasteiger partial charge >= 0.3 is 0 Å². The number of nitro groups is 1. The van der Waals surface area contributed by atoms with E-state index in [2.05, 4.69) is 11.4 Å². The minimum Gasteiger partial charge on any atom is -0.316 e. The van der Waals surface area contributed by atoms with Crippen LogP contribution in [-0.2, 0) is 6.42 Å². The summed E-state index contributed by atoms with van der Waals surface area (Å²) < 4.78 is 0. The summed E-state index contributed by atoms with van der Waals surface area (Å²) in [5, 5.41) is 22.6. The fraction of sp³-hybridized carbons (Fsp3) is 0.500. The van der Waals surface area contributed by atoms with Crippen LogP contribution in [0.1, 0.15) is 24.8 Å². The van der Waals surface area contributed by atoms with E-state index in [9.17, 15) is 10.1 Å². The molecule has 1 aliphatic carbocycles. The van der Waals surface area contributed by atoms with Crippen LogP contribution in [0.3, 0.4) is 0 Å². The van der Waals surface area contributed by atoms with Crippen LogP contribution < -0.4 is 5.32 Å². The molecule has 1 aromatic carbocycles. The van der Waals surface area contributed by atoms with E-state index in [1.165, 1.54) is 12.1 Å². The van der Waals surface area contributed by atoms with Crippen LogP contribution in [0.15, 0.2) is 24.3 Å². The lowest BCUT2D eigenvalue weighted by Gasteiger charge is -2.11. The Hall–Kier alpha value is -1.93. The molecule has 0 amide bonds. The predicted molar refractivity (Wildman–Crippen MR) is 71.6 cm³/mol. The molecule has 0 spiro atoms. The maximum absolute atomic E-state index is 10.5. The van der Waals surface area contributed by atoms with Crippen LogP contribution in [-0.4, -0.2) is 18.0 Å². The summed E-state index contributed by atoms with van der Waals surface area (Å²) >= 11 is 0. The van der Waals surface area contributed by atoms with Gasteiger partial charge in [0.2, 0.25) is 0 Å². The Bertz CT molecular complexity index is 486. The normalized spacial score (nSPS) is 15.7. The third kappa shape index (κ3) is 3.76. The molecule has 0 saturated heterocycles. The SMILES string of the molecule is N#CCC1(CNCCc2ccc([N+](=O)[O-])cc2)CC1. The number of rotatable bonds is 7. The number of nitriles is 1. The molecule has 0 unspecified atom stereocenters. The molecular weight excluding hydrogens is 242 g/mol. The lowest BCUT2D eigenvalue weighted by Crippen LogP contribution is -2.25. The van der Waals surface area contributed by atoms with E-state index in [-0.39, 0.29) is 16.0 Å². The fourth-order valence-corrected chi connectivity index (χ4v) is 2.13. The molecule has 0 heterocycles. The molecule has 0 radical (unpaired) electrons. The minimum absolute atomic E-state index is 0.127. The summed E-state index contributed by atoms with van der Waals surface area (Å²) in [7, 11) is 0. The molecule has 1 N–H and O–H groups in total. The van der Waals surface area contributed by atoms with Gasteiger partial charge < -0.3 is 5.32 Å². The van der Waals surface area contributed by atoms with E-state index in [1.54, 1.807) is 12.1 Å². The molecular formula is C14H17N3O2. The average Bonchev–Trinajstić information content (AvgIpc) is 3.16. The predicted octanol–water partition coefficient (Wildman–Crippen LogP) is 2.42. The van der Waals surface area contributed by atoms with Gasteiger partial charge in [0.25, 0.3) is 5.69 Å². The Morgan fingerprint density at radius 1 is 1.37 bits per heavy atom. The molecule has 0 aliphatic heterocycles. The van der Waals surface area contributed by atoms with Crippen molar-refractivity contribution in [2.75, 3.05) is 13.1 Å². The van der Waals surface area contributed by atoms with Crippen molar-refractivity contribution in [2.24, 2.45) is 5.41 Å². The highest BCUT2D eigenvalue weighted by molar-refractivity contribution is 5.32. The monoisotopic (exact) mass is 259 g/mol. The zero-order valence-corrected chi connectivity index (χ0v) is 10.8. The summed E-state index contributed by atoms with van der Waals surface area (Å²) in [4.78, 5) is 10.1. The van der Waals surface area contributed by atoms with Crippen molar-refractivity contribution < 1.29 is 4.92 Å². The number of nitro benzene ring substituents is 1. The van der Waals surface area contributed by atoms with E-state index in [0.29, 0.717) is 6.42 Å². The number of nitrogens with zero attached hydrogens (tertiary/aromatic N) is 2. The molecule has 0 aromatic heterocycles. The maximum Gasteiger partial charge on any atom is 0.269 e. The van der Waals surface area contributed by atoms with Gasteiger partial charge in [-0.1, -0.05) is 12.1 Å². The number of non-ortho nitro benzene ring substituents is 1. The van der Waals surface area contributed by atoms with Gasteiger partial charge in [0, 0.05) is 25.1 Å². The first-order valence-corrected chi connectivity index (χ1v) is 6.46. The third-order valence-corrected chi connectivity index (χ3v) is 3.65. The van der Waals surface area contributed by atoms with E-state index in [0.717, 1.165) is 37.9 Å². The summed E-state index contributed by atoms with van der Waals surface area (Å²) in [5.74, 6) is 0. The van der Waals surface area contributed by atoms with Crippen molar-refractivity contribution in [3.05, 3.63) is 39.9 Å². The molecule has 1 saturated carbocycles. The van der Waals surface area contributed by atoms with Crippen molar-refractivity contribution in [3.8, 4) is 6.07 Å². The molecule has 100 valence electrons. The molecule has 2 rings (SSSR count). The average molecular weight is 259 g/mol. The van der Waals surface area contributed by atoms with Gasteiger partial charge in [0.05, 0.1) is 11.0 Å². The molecule has 19 heavy (non-hydrogen) atoms. The molecule has 5 heteroatoms. The number of benzene rings is 1. The minimum atomic E-state index is -0.388. The summed E-state index contributed by atoms with van der Waals surface area (Å²) in [6.07, 6.45) is 3.77. The Morgan fingerprint density at radius 3 is 2.58 bits per heavy atom. The first-order valence-electron chi connectivity index (χ1n) is 6.46. The van der Waals surface area contributed by atoms with Crippen LogP contribution in [0.25, 0.3) is 0 Å². The zero-order chi connectivity index (χ0) is 13.7. The molecule has 1 aliphatic rings. The second kappa shape index (κ2) is 5.81. The first kappa shape index (κ1) is 13.5. The van der Waals surface area contributed by atoms with Crippen LogP contribution in [0.2, 0.25) is 0 Å². The smallest absolute Gasteiger partial charge is 0.269 e. The zero-order valence-electron chi connectivity index (χ0n) is 10.8. The Kier molecular flexibility index (Phi) is 4.13. The highest BCUT2D eigenvalue weighted by Crippen LogP contribution is 2.47. The van der Waals surface area contributed by atoms with Gasteiger partial charge in [-0.3, -0.25) is 10.1 Å². The number of hydrogen-bond acceptors (Lipinski definition) is 4. The second-order valence-electron chi connectivity index (χ2n) is 5.19. The highest BCUT2D eigenvalue weighted by Gasteiger charge is 2.41. The van der Waals surface area contributed by atoms with E-state index < -0.39 is 0 Å². The second-order valence-corrected chi connectivity index (χ2v) is 5.19. The maximum atomic E-state index is 10.5. The molecule has 5 nitrogen and oxygen atoms in total. The molecule has 1 aromatic rings. The van der Waals surface area contributed by atoms with E-state index >= 15 is 0 Å². The number of nitrogens with one attached hydrogen (secondary N) is 1.